The van der Waals surface area contributed by atoms with Crippen molar-refractivity contribution in [2.24, 2.45) is 0 Å². The minimum Gasteiger partial charge on any atom is -0.493 e. The van der Waals surface area contributed by atoms with Crippen LogP contribution in [0, 0.1) is 18.3 Å². The molecule has 0 bridgehead atoms. The SMILES string of the molecule is CCOc1c(C(C)n2nc(-c3ccc(C#N)cn3)c3c(N)ncnc32)cc(Cl)c(C)c1-c1ccc(C(=O)N(C)C)nc1. The van der Waals surface area contributed by atoms with E-state index in [0.29, 0.717) is 51.1 Å². The van der Waals surface area contributed by atoms with E-state index in [-0.39, 0.29) is 11.7 Å². The van der Waals surface area contributed by atoms with Gasteiger partial charge in [0.05, 0.1) is 29.3 Å². The number of hydrogen-bond donors (Lipinski definition) is 1. The van der Waals surface area contributed by atoms with E-state index < -0.39 is 6.04 Å². The molecule has 5 aromatic rings. The molecule has 4 aromatic heterocycles. The zero-order valence-electron chi connectivity index (χ0n) is 23.8. The first-order valence-corrected chi connectivity index (χ1v) is 13.5. The largest absolute Gasteiger partial charge is 0.493 e. The van der Waals surface area contributed by atoms with Crippen molar-refractivity contribution in [1.29, 1.82) is 5.26 Å². The van der Waals surface area contributed by atoms with Crippen LogP contribution in [0.1, 0.15) is 47.1 Å². The maximum absolute atomic E-state index is 12.4. The summed E-state index contributed by atoms with van der Waals surface area (Å²) in [7, 11) is 3.36. The second-order valence-electron chi connectivity index (χ2n) is 9.81. The van der Waals surface area contributed by atoms with Gasteiger partial charge >= 0.3 is 0 Å². The number of fused-ring (bicyclic) bond motifs is 1. The molecule has 0 radical (unpaired) electrons. The van der Waals surface area contributed by atoms with E-state index in [4.69, 9.17) is 27.2 Å². The lowest BCUT2D eigenvalue weighted by Gasteiger charge is -2.23. The number of anilines is 1. The summed E-state index contributed by atoms with van der Waals surface area (Å²) < 4.78 is 8.01. The van der Waals surface area contributed by atoms with Crippen LogP contribution in [0.3, 0.4) is 0 Å². The summed E-state index contributed by atoms with van der Waals surface area (Å²) in [6, 6.07) is 10.4. The molecule has 1 unspecified atom stereocenters. The Bertz CT molecular complexity index is 1840. The number of ether oxygens (including phenoxy) is 1. The molecule has 0 saturated carbocycles. The molecule has 0 aliphatic heterocycles. The molecule has 0 fully saturated rings. The first-order chi connectivity index (χ1) is 20.2. The van der Waals surface area contributed by atoms with Gasteiger partial charge in [0.25, 0.3) is 5.91 Å². The molecule has 4 heterocycles. The standard InChI is InChI=1S/C30H28ClN9O2/c1-6-42-27-20(11-21(31)16(2)24(27)19-8-10-23(35-14-19)30(41)39(4)5)17(3)40-29-25(28(33)36-15-37-29)26(38-40)22-9-7-18(12-32)13-34-22/h7-11,13-15,17H,6H2,1-5H3,(H2,33,36,37). The summed E-state index contributed by atoms with van der Waals surface area (Å²) in [6.07, 6.45) is 4.52. The lowest BCUT2D eigenvalue weighted by atomic mass is 9.94. The Morgan fingerprint density at radius 1 is 1.17 bits per heavy atom. The van der Waals surface area contributed by atoms with Crippen LogP contribution in [0.15, 0.2) is 49.1 Å². The van der Waals surface area contributed by atoms with Gasteiger partial charge in [-0.2, -0.15) is 10.4 Å². The molecular weight excluding hydrogens is 554 g/mol. The highest BCUT2D eigenvalue weighted by Crippen LogP contribution is 2.44. The molecule has 5 rings (SSSR count). The van der Waals surface area contributed by atoms with E-state index in [9.17, 15) is 10.1 Å². The van der Waals surface area contributed by atoms with Crippen LogP contribution >= 0.6 is 11.6 Å². The molecule has 1 aromatic carbocycles. The number of halogens is 1. The van der Waals surface area contributed by atoms with Crippen molar-refractivity contribution >= 4 is 34.4 Å². The zero-order chi connectivity index (χ0) is 30.1. The van der Waals surface area contributed by atoms with Gasteiger partial charge in [0.15, 0.2) is 5.65 Å². The van der Waals surface area contributed by atoms with Crippen molar-refractivity contribution in [3.8, 4) is 34.3 Å². The van der Waals surface area contributed by atoms with Gasteiger partial charge in [0.2, 0.25) is 0 Å². The van der Waals surface area contributed by atoms with Crippen LogP contribution in [0.25, 0.3) is 33.5 Å². The van der Waals surface area contributed by atoms with E-state index in [1.807, 2.05) is 32.9 Å². The normalized spacial score (nSPS) is 11.7. The van der Waals surface area contributed by atoms with E-state index >= 15 is 0 Å². The molecule has 11 nitrogen and oxygen atoms in total. The van der Waals surface area contributed by atoms with Crippen molar-refractivity contribution in [3.05, 3.63) is 76.5 Å². The van der Waals surface area contributed by atoms with Gasteiger partial charge in [-0.15, -0.1) is 0 Å². The molecule has 212 valence electrons. The van der Waals surface area contributed by atoms with Gasteiger partial charge in [0, 0.05) is 48.2 Å². The number of nitrogens with two attached hydrogens (primary N) is 1. The highest BCUT2D eigenvalue weighted by atomic mass is 35.5. The summed E-state index contributed by atoms with van der Waals surface area (Å²) in [5.41, 5.74) is 11.7. The molecule has 0 aliphatic rings. The van der Waals surface area contributed by atoms with Crippen LogP contribution < -0.4 is 10.5 Å². The summed E-state index contributed by atoms with van der Waals surface area (Å²) in [5.74, 6) is 0.679. The van der Waals surface area contributed by atoms with Crippen LogP contribution in [0.5, 0.6) is 5.75 Å². The van der Waals surface area contributed by atoms with Gasteiger partial charge in [0.1, 0.15) is 35.4 Å². The van der Waals surface area contributed by atoms with Crippen LogP contribution in [-0.2, 0) is 0 Å². The van der Waals surface area contributed by atoms with E-state index in [2.05, 4.69) is 26.0 Å². The Morgan fingerprint density at radius 3 is 2.57 bits per heavy atom. The van der Waals surface area contributed by atoms with Crippen molar-refractivity contribution in [2.45, 2.75) is 26.8 Å². The number of carbonyl (C=O) groups excluding carboxylic acids is 1. The summed E-state index contributed by atoms with van der Waals surface area (Å²) >= 11 is 6.82. The predicted molar refractivity (Wildman–Crippen MR) is 160 cm³/mol. The number of carbonyl (C=O) groups is 1. The van der Waals surface area contributed by atoms with Crippen LogP contribution in [-0.4, -0.2) is 61.2 Å². The Labute approximate surface area is 247 Å². The van der Waals surface area contributed by atoms with Gasteiger partial charge in [-0.25, -0.2) is 14.6 Å². The molecule has 2 N–H and O–H groups in total. The molecule has 1 atom stereocenters. The number of hydrogen-bond acceptors (Lipinski definition) is 9. The summed E-state index contributed by atoms with van der Waals surface area (Å²) in [4.78, 5) is 31.4. The quantitative estimate of drug-likeness (QED) is 0.278. The molecule has 1 amide bonds. The molecule has 0 spiro atoms. The van der Waals surface area contributed by atoms with Gasteiger partial charge < -0.3 is 15.4 Å². The fraction of sp³-hybridized carbons (Fsp3) is 0.233. The molecule has 42 heavy (non-hydrogen) atoms. The maximum Gasteiger partial charge on any atom is 0.271 e. The van der Waals surface area contributed by atoms with Crippen LogP contribution in [0.2, 0.25) is 5.02 Å². The van der Waals surface area contributed by atoms with E-state index in [0.717, 1.165) is 22.3 Å². The number of benzene rings is 1. The van der Waals surface area contributed by atoms with E-state index in [1.165, 1.54) is 17.4 Å². The zero-order valence-corrected chi connectivity index (χ0v) is 24.5. The van der Waals surface area contributed by atoms with Crippen LogP contribution in [0.4, 0.5) is 5.82 Å². The highest BCUT2D eigenvalue weighted by molar-refractivity contribution is 6.32. The summed E-state index contributed by atoms with van der Waals surface area (Å²) in [5, 5.41) is 15.2. The Hall–Kier alpha value is -5.08. The fourth-order valence-electron chi connectivity index (χ4n) is 4.78. The first-order valence-electron chi connectivity index (χ1n) is 13.1. The maximum atomic E-state index is 12.4. The predicted octanol–water partition coefficient (Wildman–Crippen LogP) is 5.08. The van der Waals surface area contributed by atoms with Crippen molar-refractivity contribution in [2.75, 3.05) is 26.4 Å². The smallest absolute Gasteiger partial charge is 0.271 e. The van der Waals surface area contributed by atoms with Gasteiger partial charge in [-0.1, -0.05) is 17.7 Å². The Morgan fingerprint density at radius 2 is 1.95 bits per heavy atom. The summed E-state index contributed by atoms with van der Waals surface area (Å²) in [6.45, 7) is 6.18. The first kappa shape index (κ1) is 28.4. The number of pyridine rings is 2. The van der Waals surface area contributed by atoms with Crippen molar-refractivity contribution in [1.82, 2.24) is 34.6 Å². The lowest BCUT2D eigenvalue weighted by Crippen LogP contribution is -2.22. The minimum absolute atomic E-state index is 0.192. The number of rotatable bonds is 7. The Balaban J connectivity index is 1.69. The molecule has 12 heteroatoms. The minimum atomic E-state index is -0.421. The monoisotopic (exact) mass is 581 g/mol. The topological polar surface area (TPSA) is 149 Å². The molecule has 0 saturated heterocycles. The lowest BCUT2D eigenvalue weighted by molar-refractivity contribution is 0.0822. The fourth-order valence-corrected chi connectivity index (χ4v) is 4.99. The second-order valence-corrected chi connectivity index (χ2v) is 10.2. The van der Waals surface area contributed by atoms with Gasteiger partial charge in [-0.3, -0.25) is 14.8 Å². The number of aromatic nitrogens is 6. The second kappa shape index (κ2) is 11.4. The molecular formula is C30H28ClN9O2. The average molecular weight is 582 g/mol. The average Bonchev–Trinajstić information content (AvgIpc) is 3.39. The highest BCUT2D eigenvalue weighted by Gasteiger charge is 2.27. The third kappa shape index (κ3) is 4.97. The third-order valence-corrected chi connectivity index (χ3v) is 7.33. The third-order valence-electron chi connectivity index (χ3n) is 6.94. The number of nitrogen functional groups attached to an aromatic ring is 1. The number of amides is 1. The van der Waals surface area contributed by atoms with Crippen molar-refractivity contribution < 1.29 is 9.53 Å². The van der Waals surface area contributed by atoms with E-state index in [1.54, 1.807) is 43.2 Å². The molecule has 0 aliphatic carbocycles. The number of nitriles is 1. The Kier molecular flexibility index (Phi) is 7.74. The number of nitrogens with zero attached hydrogens (tertiary/aromatic N) is 8. The van der Waals surface area contributed by atoms with Crippen molar-refractivity contribution in [3.63, 3.8) is 0 Å². The van der Waals surface area contributed by atoms with Gasteiger partial charge in [-0.05, 0) is 50.6 Å².